The van der Waals surface area contributed by atoms with Crippen LogP contribution in [0.3, 0.4) is 0 Å². The Balaban J connectivity index is 1.27. The third kappa shape index (κ3) is 3.98. The third-order valence-electron chi connectivity index (χ3n) is 5.40. The number of nitrogens with zero attached hydrogens (tertiary/aromatic N) is 4. The van der Waals surface area contributed by atoms with Gasteiger partial charge in [0.15, 0.2) is 0 Å². The summed E-state index contributed by atoms with van der Waals surface area (Å²) in [6.45, 7) is 9.25. The lowest BCUT2D eigenvalue weighted by Gasteiger charge is -2.33. The minimum atomic E-state index is -0.0441. The van der Waals surface area contributed by atoms with Crippen molar-refractivity contribution in [2.45, 2.75) is 26.9 Å². The van der Waals surface area contributed by atoms with Gasteiger partial charge in [-0.1, -0.05) is 5.16 Å². The quantitative estimate of drug-likeness (QED) is 0.510. The van der Waals surface area contributed by atoms with Crippen LogP contribution in [0.15, 0.2) is 32.9 Å². The number of rotatable bonds is 5. The first-order valence-electron chi connectivity index (χ1n) is 9.99. The molecule has 30 heavy (non-hydrogen) atoms. The summed E-state index contributed by atoms with van der Waals surface area (Å²) in [6, 6.07) is 6.15. The summed E-state index contributed by atoms with van der Waals surface area (Å²) in [7, 11) is 0. The molecule has 4 aromatic heterocycles. The molecule has 5 heterocycles. The molecular weight excluding hydrogens is 418 g/mol. The van der Waals surface area contributed by atoms with E-state index >= 15 is 0 Å². The van der Waals surface area contributed by atoms with Crippen LogP contribution in [0.2, 0.25) is 0 Å². The van der Waals surface area contributed by atoms with Gasteiger partial charge in [0.05, 0.1) is 17.6 Å². The van der Waals surface area contributed by atoms with Crippen LogP contribution in [0, 0.1) is 13.8 Å². The molecule has 0 amide bonds. The number of fused-ring (bicyclic) bond motifs is 1. The average Bonchev–Trinajstić information content (AvgIpc) is 3.43. The second-order valence-electron chi connectivity index (χ2n) is 7.73. The summed E-state index contributed by atoms with van der Waals surface area (Å²) in [5.74, 6) is 1.59. The lowest BCUT2D eigenvalue weighted by Crippen LogP contribution is -2.45. The fourth-order valence-corrected chi connectivity index (χ4v) is 5.79. The maximum absolute atomic E-state index is 12.8. The van der Waals surface area contributed by atoms with Gasteiger partial charge in [-0.3, -0.25) is 14.6 Å². The van der Waals surface area contributed by atoms with E-state index in [0.717, 1.165) is 65.3 Å². The number of aryl methyl sites for hydroxylation is 2. The highest BCUT2D eigenvalue weighted by molar-refractivity contribution is 7.19. The molecule has 1 saturated heterocycles. The Bertz CT molecular complexity index is 1230. The van der Waals surface area contributed by atoms with Crippen LogP contribution in [0.1, 0.15) is 22.2 Å². The molecule has 0 bridgehead atoms. The second-order valence-corrected chi connectivity index (χ2v) is 9.88. The van der Waals surface area contributed by atoms with Crippen LogP contribution in [0.25, 0.3) is 20.7 Å². The molecule has 0 atom stereocenters. The number of piperazine rings is 1. The van der Waals surface area contributed by atoms with Gasteiger partial charge in [0.25, 0.3) is 5.56 Å². The summed E-state index contributed by atoms with van der Waals surface area (Å²) < 4.78 is 5.16. The predicted molar refractivity (Wildman–Crippen MR) is 120 cm³/mol. The van der Waals surface area contributed by atoms with Crippen LogP contribution < -0.4 is 5.56 Å². The van der Waals surface area contributed by atoms with Gasteiger partial charge < -0.3 is 9.51 Å². The molecular formula is C21H23N5O2S2. The topological polar surface area (TPSA) is 78.3 Å². The van der Waals surface area contributed by atoms with Crippen molar-refractivity contribution in [1.82, 2.24) is 24.9 Å². The van der Waals surface area contributed by atoms with E-state index < -0.39 is 0 Å². The largest absolute Gasteiger partial charge is 0.361 e. The van der Waals surface area contributed by atoms with Crippen LogP contribution in [-0.4, -0.2) is 51.1 Å². The molecule has 1 aliphatic rings. The summed E-state index contributed by atoms with van der Waals surface area (Å²) in [5.41, 5.74) is 1.93. The molecule has 7 nitrogen and oxygen atoms in total. The highest BCUT2D eigenvalue weighted by Gasteiger charge is 2.20. The summed E-state index contributed by atoms with van der Waals surface area (Å²) in [4.78, 5) is 28.5. The fourth-order valence-electron chi connectivity index (χ4n) is 3.87. The number of aromatic nitrogens is 3. The predicted octanol–water partition coefficient (Wildman–Crippen LogP) is 3.64. The van der Waals surface area contributed by atoms with Crippen LogP contribution in [0.5, 0.6) is 0 Å². The van der Waals surface area contributed by atoms with Gasteiger partial charge in [0.1, 0.15) is 16.4 Å². The Labute approximate surface area is 182 Å². The Kier molecular flexibility index (Phi) is 5.28. The SMILES string of the molecule is Cc1cc(CN2CCN(Cc3nc4scc(-c5ccc(C)s5)c4c(=O)[nH]3)CC2)no1. The van der Waals surface area contributed by atoms with E-state index in [1.165, 1.54) is 4.88 Å². The molecule has 0 unspecified atom stereocenters. The molecule has 0 radical (unpaired) electrons. The number of H-pyrrole nitrogens is 1. The van der Waals surface area contributed by atoms with E-state index in [-0.39, 0.29) is 5.56 Å². The molecule has 5 rings (SSSR count). The van der Waals surface area contributed by atoms with Crippen LogP contribution in [-0.2, 0) is 13.1 Å². The van der Waals surface area contributed by atoms with Crippen molar-refractivity contribution in [3.05, 3.63) is 56.1 Å². The molecule has 1 N–H and O–H groups in total. The van der Waals surface area contributed by atoms with E-state index in [9.17, 15) is 4.79 Å². The molecule has 156 valence electrons. The highest BCUT2D eigenvalue weighted by atomic mass is 32.1. The number of aromatic amines is 1. The zero-order chi connectivity index (χ0) is 20.7. The first kappa shape index (κ1) is 19.6. The van der Waals surface area contributed by atoms with Crippen molar-refractivity contribution in [2.24, 2.45) is 0 Å². The average molecular weight is 442 g/mol. The minimum absolute atomic E-state index is 0.0441. The molecule has 0 aliphatic carbocycles. The lowest BCUT2D eigenvalue weighted by molar-refractivity contribution is 0.118. The molecule has 4 aromatic rings. The van der Waals surface area contributed by atoms with Gasteiger partial charge >= 0.3 is 0 Å². The smallest absolute Gasteiger partial charge is 0.260 e. The van der Waals surface area contributed by atoms with E-state index in [2.05, 4.69) is 39.0 Å². The summed E-state index contributed by atoms with van der Waals surface area (Å²) in [5, 5.41) is 6.84. The first-order chi connectivity index (χ1) is 14.5. The van der Waals surface area contributed by atoms with Crippen molar-refractivity contribution in [2.75, 3.05) is 26.2 Å². The fraction of sp³-hybridized carbons (Fsp3) is 0.381. The summed E-state index contributed by atoms with van der Waals surface area (Å²) >= 11 is 3.25. The van der Waals surface area contributed by atoms with E-state index in [4.69, 9.17) is 9.51 Å². The maximum atomic E-state index is 12.8. The number of nitrogens with one attached hydrogen (secondary N) is 1. The number of hydrogen-bond acceptors (Lipinski definition) is 8. The Hall–Kier alpha value is -2.33. The van der Waals surface area contributed by atoms with Crippen molar-refractivity contribution in [3.63, 3.8) is 0 Å². The normalized spacial score (nSPS) is 15.9. The van der Waals surface area contributed by atoms with Gasteiger partial charge in [-0.05, 0) is 26.0 Å². The van der Waals surface area contributed by atoms with E-state index in [1.54, 1.807) is 22.7 Å². The molecule has 9 heteroatoms. The van der Waals surface area contributed by atoms with Gasteiger partial charge in [0, 0.05) is 59.5 Å². The maximum Gasteiger partial charge on any atom is 0.260 e. The molecule has 1 aliphatic heterocycles. The Morgan fingerprint density at radius 2 is 1.90 bits per heavy atom. The Morgan fingerprint density at radius 1 is 1.13 bits per heavy atom. The number of hydrogen-bond donors (Lipinski definition) is 1. The van der Waals surface area contributed by atoms with Crippen molar-refractivity contribution < 1.29 is 4.52 Å². The lowest BCUT2D eigenvalue weighted by atomic mass is 10.2. The number of thiophene rings is 2. The van der Waals surface area contributed by atoms with Gasteiger partial charge in [-0.25, -0.2) is 4.98 Å². The van der Waals surface area contributed by atoms with Crippen molar-refractivity contribution in [1.29, 1.82) is 0 Å². The third-order valence-corrected chi connectivity index (χ3v) is 7.31. The highest BCUT2D eigenvalue weighted by Crippen LogP contribution is 2.35. The zero-order valence-electron chi connectivity index (χ0n) is 17.0. The van der Waals surface area contributed by atoms with Gasteiger partial charge in [0.2, 0.25) is 0 Å². The monoisotopic (exact) mass is 441 g/mol. The zero-order valence-corrected chi connectivity index (χ0v) is 18.6. The molecule has 0 saturated carbocycles. The van der Waals surface area contributed by atoms with Crippen molar-refractivity contribution >= 4 is 32.9 Å². The standard InChI is InChI=1S/C21H23N5O2S2/c1-13-9-15(24-28-13)10-25-5-7-26(8-6-25)11-18-22-20(27)19-16(12-29-21(19)23-18)17-4-3-14(2)30-17/h3-4,9,12H,5-8,10-11H2,1-2H3,(H,22,23,27). The first-order valence-corrected chi connectivity index (χ1v) is 11.7. The van der Waals surface area contributed by atoms with E-state index in [0.29, 0.717) is 11.9 Å². The van der Waals surface area contributed by atoms with Crippen LogP contribution in [0.4, 0.5) is 0 Å². The Morgan fingerprint density at radius 3 is 2.57 bits per heavy atom. The minimum Gasteiger partial charge on any atom is -0.361 e. The van der Waals surface area contributed by atoms with Gasteiger partial charge in [-0.2, -0.15) is 0 Å². The molecule has 1 fully saturated rings. The van der Waals surface area contributed by atoms with Gasteiger partial charge in [-0.15, -0.1) is 22.7 Å². The second kappa shape index (κ2) is 8.07. The molecule has 0 aromatic carbocycles. The molecule has 0 spiro atoms. The van der Waals surface area contributed by atoms with Crippen LogP contribution >= 0.6 is 22.7 Å². The summed E-state index contributed by atoms with van der Waals surface area (Å²) in [6.07, 6.45) is 0. The van der Waals surface area contributed by atoms with Crippen molar-refractivity contribution in [3.8, 4) is 10.4 Å². The van der Waals surface area contributed by atoms with E-state index in [1.807, 2.05) is 18.4 Å².